The van der Waals surface area contributed by atoms with Gasteiger partial charge in [-0.2, -0.15) is 0 Å². The molecule has 1 aliphatic rings. The zero-order chi connectivity index (χ0) is 14.7. The predicted octanol–water partition coefficient (Wildman–Crippen LogP) is 2.33. The molecule has 0 aromatic heterocycles. The molecule has 1 unspecified atom stereocenters. The first-order valence-electron chi connectivity index (χ1n) is 6.23. The lowest BCUT2D eigenvalue weighted by Crippen LogP contribution is -2.40. The van der Waals surface area contributed by atoms with Crippen LogP contribution in [-0.4, -0.2) is 36.0 Å². The molecule has 108 valence electrons. The van der Waals surface area contributed by atoms with E-state index in [1.54, 1.807) is 11.0 Å². The van der Waals surface area contributed by atoms with E-state index < -0.39 is 11.8 Å². The van der Waals surface area contributed by atoms with Gasteiger partial charge in [-0.1, -0.05) is 15.9 Å². The number of rotatable bonds is 2. The molecule has 5 nitrogen and oxygen atoms in total. The monoisotopic (exact) mass is 343 g/mol. The molecule has 0 bridgehead atoms. The van der Waals surface area contributed by atoms with Crippen molar-refractivity contribution in [1.29, 1.82) is 0 Å². The molecule has 0 spiro atoms. The third kappa shape index (κ3) is 3.93. The maximum absolute atomic E-state index is 13.2. The molecule has 0 aliphatic carbocycles. The quantitative estimate of drug-likeness (QED) is 0.865. The third-order valence-electron chi connectivity index (χ3n) is 3.09. The van der Waals surface area contributed by atoms with Crippen molar-refractivity contribution in [2.24, 2.45) is 0 Å². The number of nitrogens with zero attached hydrogens (tertiary/aromatic N) is 1. The number of anilines is 1. The molecule has 1 aromatic rings. The van der Waals surface area contributed by atoms with Crippen molar-refractivity contribution in [2.45, 2.75) is 19.4 Å². The molecule has 1 saturated heterocycles. The minimum absolute atomic E-state index is 0.00349. The van der Waals surface area contributed by atoms with Crippen molar-refractivity contribution in [1.82, 2.24) is 10.2 Å². The van der Waals surface area contributed by atoms with Gasteiger partial charge in [-0.05, 0) is 24.6 Å². The number of hydrogen-bond donors (Lipinski definition) is 2. The number of carbonyl (C=O) groups is 2. The van der Waals surface area contributed by atoms with Crippen LogP contribution in [0.2, 0.25) is 0 Å². The lowest BCUT2D eigenvalue weighted by Gasteiger charge is -2.15. The Hall–Kier alpha value is -1.63. The zero-order valence-electron chi connectivity index (χ0n) is 11.0. The van der Waals surface area contributed by atoms with Gasteiger partial charge in [0.25, 0.3) is 0 Å². The Balaban J connectivity index is 1.88. The van der Waals surface area contributed by atoms with E-state index >= 15 is 0 Å². The van der Waals surface area contributed by atoms with Gasteiger partial charge < -0.3 is 15.5 Å². The number of halogens is 2. The Labute approximate surface area is 124 Å². The summed E-state index contributed by atoms with van der Waals surface area (Å²) >= 11 is 3.16. The van der Waals surface area contributed by atoms with Crippen LogP contribution in [0.5, 0.6) is 0 Å². The summed E-state index contributed by atoms with van der Waals surface area (Å²) in [6.45, 7) is 2.66. The lowest BCUT2D eigenvalue weighted by atomic mass is 10.3. The van der Waals surface area contributed by atoms with Crippen LogP contribution in [0.15, 0.2) is 22.7 Å². The molecule has 0 radical (unpaired) electrons. The first-order valence-corrected chi connectivity index (χ1v) is 7.02. The highest BCUT2D eigenvalue weighted by atomic mass is 79.9. The van der Waals surface area contributed by atoms with Gasteiger partial charge in [-0.15, -0.1) is 0 Å². The summed E-state index contributed by atoms with van der Waals surface area (Å²) in [5.41, 5.74) is 0.371. The van der Waals surface area contributed by atoms with Crippen LogP contribution in [0.4, 0.5) is 14.9 Å². The Morgan fingerprint density at radius 2 is 2.15 bits per heavy atom. The van der Waals surface area contributed by atoms with E-state index in [2.05, 4.69) is 26.6 Å². The Kier molecular flexibility index (Phi) is 4.59. The van der Waals surface area contributed by atoms with Gasteiger partial charge in [-0.3, -0.25) is 4.79 Å². The molecule has 2 rings (SSSR count). The van der Waals surface area contributed by atoms with Gasteiger partial charge in [0.2, 0.25) is 5.91 Å². The summed E-state index contributed by atoms with van der Waals surface area (Å²) in [6, 6.07) is 3.68. The lowest BCUT2D eigenvalue weighted by molar-refractivity contribution is -0.127. The number of amides is 3. The van der Waals surface area contributed by atoms with Crippen LogP contribution in [0.3, 0.4) is 0 Å². The molecule has 20 heavy (non-hydrogen) atoms. The van der Waals surface area contributed by atoms with E-state index in [0.717, 1.165) is 6.42 Å². The minimum Gasteiger partial charge on any atom is -0.341 e. The highest BCUT2D eigenvalue weighted by Gasteiger charge is 2.25. The third-order valence-corrected chi connectivity index (χ3v) is 3.55. The van der Waals surface area contributed by atoms with Crippen LogP contribution in [-0.2, 0) is 4.79 Å². The van der Waals surface area contributed by atoms with Crippen LogP contribution in [0.1, 0.15) is 13.3 Å². The van der Waals surface area contributed by atoms with E-state index in [1.165, 1.54) is 19.1 Å². The van der Waals surface area contributed by atoms with Crippen molar-refractivity contribution < 1.29 is 14.0 Å². The van der Waals surface area contributed by atoms with Gasteiger partial charge in [0.15, 0.2) is 0 Å². The fraction of sp³-hybridized carbons (Fsp3) is 0.385. The average molecular weight is 344 g/mol. The van der Waals surface area contributed by atoms with E-state index in [9.17, 15) is 14.0 Å². The Morgan fingerprint density at radius 1 is 1.40 bits per heavy atom. The first kappa shape index (κ1) is 14.8. The molecule has 1 fully saturated rings. The van der Waals surface area contributed by atoms with Gasteiger partial charge in [0.05, 0.1) is 0 Å². The summed E-state index contributed by atoms with van der Waals surface area (Å²) in [5.74, 6) is -0.429. The molecule has 1 aromatic carbocycles. The number of urea groups is 1. The Bertz CT molecular complexity index is 518. The smallest absolute Gasteiger partial charge is 0.319 e. The standard InChI is InChI=1S/C13H15BrFN3O2/c1-8(19)18-3-2-11(7-18)16-13(20)17-12-5-9(14)4-10(15)6-12/h4-6,11H,2-3,7H2,1H3,(H2,16,17,20). The van der Waals surface area contributed by atoms with E-state index in [0.29, 0.717) is 23.2 Å². The predicted molar refractivity (Wildman–Crippen MR) is 76.9 cm³/mol. The highest BCUT2D eigenvalue weighted by Crippen LogP contribution is 2.18. The molecular formula is C13H15BrFN3O2. The van der Waals surface area contributed by atoms with Crippen molar-refractivity contribution in [2.75, 3.05) is 18.4 Å². The summed E-state index contributed by atoms with van der Waals surface area (Å²) in [4.78, 5) is 24.7. The molecule has 2 N–H and O–H groups in total. The molecule has 1 atom stereocenters. The fourth-order valence-corrected chi connectivity index (χ4v) is 2.61. The second-order valence-corrected chi connectivity index (χ2v) is 5.62. The Morgan fingerprint density at radius 3 is 2.75 bits per heavy atom. The summed E-state index contributed by atoms with van der Waals surface area (Å²) < 4.78 is 13.7. The largest absolute Gasteiger partial charge is 0.341 e. The van der Waals surface area contributed by atoms with Crippen molar-refractivity contribution in [3.8, 4) is 0 Å². The second-order valence-electron chi connectivity index (χ2n) is 4.71. The fourth-order valence-electron chi connectivity index (χ4n) is 2.14. The maximum Gasteiger partial charge on any atom is 0.319 e. The molecule has 1 heterocycles. The van der Waals surface area contributed by atoms with Crippen LogP contribution in [0, 0.1) is 5.82 Å². The number of carbonyl (C=O) groups excluding carboxylic acids is 2. The molecule has 1 aliphatic heterocycles. The van der Waals surface area contributed by atoms with Crippen molar-refractivity contribution in [3.05, 3.63) is 28.5 Å². The maximum atomic E-state index is 13.2. The van der Waals surface area contributed by atoms with Gasteiger partial charge >= 0.3 is 6.03 Å². The zero-order valence-corrected chi connectivity index (χ0v) is 12.5. The normalized spacial score (nSPS) is 17.9. The number of hydrogen-bond acceptors (Lipinski definition) is 2. The van der Waals surface area contributed by atoms with Crippen molar-refractivity contribution in [3.63, 3.8) is 0 Å². The van der Waals surface area contributed by atoms with Crippen LogP contribution >= 0.6 is 15.9 Å². The second kappa shape index (κ2) is 6.21. The molecule has 0 saturated carbocycles. The SMILES string of the molecule is CC(=O)N1CCC(NC(=O)Nc2cc(F)cc(Br)c2)C1. The van der Waals surface area contributed by atoms with E-state index in [4.69, 9.17) is 0 Å². The minimum atomic E-state index is -0.432. The summed E-state index contributed by atoms with van der Waals surface area (Å²) in [7, 11) is 0. The molecule has 3 amide bonds. The van der Waals surface area contributed by atoms with Crippen LogP contribution in [0.25, 0.3) is 0 Å². The average Bonchev–Trinajstić information content (AvgIpc) is 2.75. The summed E-state index contributed by atoms with van der Waals surface area (Å²) in [5, 5.41) is 5.34. The van der Waals surface area contributed by atoms with Gasteiger partial charge in [0.1, 0.15) is 5.82 Å². The van der Waals surface area contributed by atoms with E-state index in [-0.39, 0.29) is 11.9 Å². The first-order chi connectivity index (χ1) is 9.44. The number of nitrogens with one attached hydrogen (secondary N) is 2. The number of benzene rings is 1. The van der Waals surface area contributed by atoms with Crippen LogP contribution < -0.4 is 10.6 Å². The number of likely N-dealkylation sites (tertiary alicyclic amines) is 1. The topological polar surface area (TPSA) is 61.4 Å². The highest BCUT2D eigenvalue weighted by molar-refractivity contribution is 9.10. The molecular weight excluding hydrogens is 329 g/mol. The molecule has 7 heteroatoms. The summed E-state index contributed by atoms with van der Waals surface area (Å²) in [6.07, 6.45) is 0.722. The van der Waals surface area contributed by atoms with Crippen molar-refractivity contribution >= 4 is 33.6 Å². The van der Waals surface area contributed by atoms with Gasteiger partial charge in [-0.25, -0.2) is 9.18 Å². The van der Waals surface area contributed by atoms with Gasteiger partial charge in [0, 0.05) is 36.2 Å². The van der Waals surface area contributed by atoms with E-state index in [1.807, 2.05) is 0 Å².